The van der Waals surface area contributed by atoms with Gasteiger partial charge in [0.2, 0.25) is 0 Å². The summed E-state index contributed by atoms with van der Waals surface area (Å²) in [5, 5.41) is 1.04. The molecule has 0 aliphatic heterocycles. The highest BCUT2D eigenvalue weighted by molar-refractivity contribution is 6.42. The van der Waals surface area contributed by atoms with Crippen LogP contribution in [0, 0.1) is 0 Å². The third kappa shape index (κ3) is 3.29. The van der Waals surface area contributed by atoms with Crippen LogP contribution in [0.4, 0.5) is 0 Å². The molecule has 1 aromatic carbocycles. The van der Waals surface area contributed by atoms with Gasteiger partial charge in [0.15, 0.2) is 0 Å². The average molecular weight is 217 g/mol. The average Bonchev–Trinajstić information content (AvgIpc) is 2.12. The topological polar surface area (TPSA) is 9.23 Å². The van der Waals surface area contributed by atoms with Crippen LogP contribution in [0.1, 0.15) is 13.3 Å². The maximum atomic E-state index is 5.79. The fraction of sp³-hybridized carbons (Fsp3) is 0.200. The highest BCUT2D eigenvalue weighted by Crippen LogP contribution is 2.26. The summed E-state index contributed by atoms with van der Waals surface area (Å²) in [6.45, 7) is 2.04. The summed E-state index contributed by atoms with van der Waals surface area (Å²) in [6, 6.07) is 5.16. The van der Waals surface area contributed by atoms with Crippen LogP contribution in [-0.4, -0.2) is 0 Å². The Morgan fingerprint density at radius 1 is 1.31 bits per heavy atom. The van der Waals surface area contributed by atoms with E-state index in [2.05, 4.69) is 0 Å². The Bertz CT molecular complexity index is 308. The molecular formula is C10H10Cl2O. The number of benzene rings is 1. The van der Waals surface area contributed by atoms with Gasteiger partial charge in [0.05, 0.1) is 16.3 Å². The number of ether oxygens (including phenoxy) is 1. The third-order valence-electron chi connectivity index (χ3n) is 1.43. The number of allylic oxidation sites excluding steroid dienone is 1. The van der Waals surface area contributed by atoms with Gasteiger partial charge in [0, 0.05) is 6.07 Å². The minimum Gasteiger partial charge on any atom is -0.465 e. The van der Waals surface area contributed by atoms with Gasteiger partial charge in [-0.2, -0.15) is 0 Å². The Balaban J connectivity index is 2.68. The van der Waals surface area contributed by atoms with E-state index in [4.69, 9.17) is 27.9 Å². The van der Waals surface area contributed by atoms with Crippen molar-refractivity contribution in [2.45, 2.75) is 13.3 Å². The minimum atomic E-state index is 0.504. The molecule has 0 N–H and O–H groups in total. The molecule has 0 saturated carbocycles. The van der Waals surface area contributed by atoms with E-state index in [1.54, 1.807) is 24.5 Å². The van der Waals surface area contributed by atoms with Crippen LogP contribution < -0.4 is 4.74 Å². The SMILES string of the molecule is CCC=COc1ccc(Cl)c(Cl)c1. The Morgan fingerprint density at radius 3 is 2.69 bits per heavy atom. The van der Waals surface area contributed by atoms with Crippen molar-refractivity contribution in [2.75, 3.05) is 0 Å². The van der Waals surface area contributed by atoms with Crippen molar-refractivity contribution in [1.29, 1.82) is 0 Å². The monoisotopic (exact) mass is 216 g/mol. The molecule has 0 saturated heterocycles. The smallest absolute Gasteiger partial charge is 0.128 e. The molecule has 0 spiro atoms. The van der Waals surface area contributed by atoms with Crippen LogP contribution in [0.25, 0.3) is 0 Å². The van der Waals surface area contributed by atoms with Crippen LogP contribution in [-0.2, 0) is 0 Å². The lowest BCUT2D eigenvalue weighted by Gasteiger charge is -2.01. The predicted octanol–water partition coefficient (Wildman–Crippen LogP) is 4.30. The molecule has 1 nitrogen and oxygen atoms in total. The Kier molecular flexibility index (Phi) is 4.13. The fourth-order valence-corrected chi connectivity index (χ4v) is 1.06. The lowest BCUT2D eigenvalue weighted by atomic mass is 10.3. The summed E-state index contributed by atoms with van der Waals surface area (Å²) < 4.78 is 5.26. The van der Waals surface area contributed by atoms with E-state index < -0.39 is 0 Å². The molecule has 0 aromatic heterocycles. The second-order valence-electron chi connectivity index (χ2n) is 2.47. The summed E-state index contributed by atoms with van der Waals surface area (Å²) in [5.74, 6) is 0.694. The van der Waals surface area contributed by atoms with Crippen molar-refractivity contribution >= 4 is 23.2 Å². The van der Waals surface area contributed by atoms with Crippen LogP contribution in [0.5, 0.6) is 5.75 Å². The first-order valence-electron chi connectivity index (χ1n) is 4.00. The molecule has 0 heterocycles. The van der Waals surface area contributed by atoms with E-state index in [0.29, 0.717) is 15.8 Å². The van der Waals surface area contributed by atoms with Crippen LogP contribution in [0.3, 0.4) is 0 Å². The molecule has 0 atom stereocenters. The van der Waals surface area contributed by atoms with Crippen LogP contribution in [0.15, 0.2) is 30.5 Å². The normalized spacial score (nSPS) is 10.7. The largest absolute Gasteiger partial charge is 0.465 e. The van der Waals surface area contributed by atoms with Gasteiger partial charge < -0.3 is 4.74 Å². The van der Waals surface area contributed by atoms with Crippen molar-refractivity contribution in [3.8, 4) is 5.75 Å². The summed E-state index contributed by atoms with van der Waals surface area (Å²) in [6.07, 6.45) is 4.50. The number of hydrogen-bond acceptors (Lipinski definition) is 1. The van der Waals surface area contributed by atoms with E-state index in [0.717, 1.165) is 6.42 Å². The molecule has 0 fully saturated rings. The minimum absolute atomic E-state index is 0.504. The summed E-state index contributed by atoms with van der Waals surface area (Å²) in [7, 11) is 0. The molecule has 70 valence electrons. The molecule has 3 heteroatoms. The first-order valence-corrected chi connectivity index (χ1v) is 4.76. The van der Waals surface area contributed by atoms with Gasteiger partial charge in [-0.15, -0.1) is 0 Å². The highest BCUT2D eigenvalue weighted by Gasteiger charge is 1.98. The zero-order chi connectivity index (χ0) is 9.68. The zero-order valence-electron chi connectivity index (χ0n) is 7.26. The Hall–Kier alpha value is -0.660. The molecule has 0 aliphatic rings. The second-order valence-corrected chi connectivity index (χ2v) is 3.29. The Labute approximate surface area is 87.9 Å². The summed E-state index contributed by atoms with van der Waals surface area (Å²) >= 11 is 11.5. The lowest BCUT2D eigenvalue weighted by Crippen LogP contribution is -1.81. The van der Waals surface area contributed by atoms with Gasteiger partial charge in [0.1, 0.15) is 5.75 Å². The van der Waals surface area contributed by atoms with E-state index in [9.17, 15) is 0 Å². The van der Waals surface area contributed by atoms with Crippen molar-refractivity contribution < 1.29 is 4.74 Å². The summed E-state index contributed by atoms with van der Waals surface area (Å²) in [4.78, 5) is 0. The van der Waals surface area contributed by atoms with E-state index in [1.807, 2.05) is 13.0 Å². The van der Waals surface area contributed by atoms with Crippen LogP contribution >= 0.6 is 23.2 Å². The number of halogens is 2. The molecule has 13 heavy (non-hydrogen) atoms. The molecule has 1 aromatic rings. The van der Waals surface area contributed by atoms with E-state index in [-0.39, 0.29) is 0 Å². The van der Waals surface area contributed by atoms with Crippen molar-refractivity contribution in [3.05, 3.63) is 40.6 Å². The first kappa shape index (κ1) is 10.4. The van der Waals surface area contributed by atoms with Crippen molar-refractivity contribution in [2.24, 2.45) is 0 Å². The number of rotatable bonds is 3. The highest BCUT2D eigenvalue weighted by atomic mass is 35.5. The van der Waals surface area contributed by atoms with E-state index >= 15 is 0 Å². The molecule has 0 bridgehead atoms. The lowest BCUT2D eigenvalue weighted by molar-refractivity contribution is 0.479. The van der Waals surface area contributed by atoms with E-state index in [1.165, 1.54) is 0 Å². The van der Waals surface area contributed by atoms with Gasteiger partial charge in [-0.3, -0.25) is 0 Å². The van der Waals surface area contributed by atoms with Gasteiger partial charge in [-0.25, -0.2) is 0 Å². The third-order valence-corrected chi connectivity index (χ3v) is 2.17. The molecule has 0 radical (unpaired) electrons. The maximum Gasteiger partial charge on any atom is 0.128 e. The maximum absolute atomic E-state index is 5.79. The quantitative estimate of drug-likeness (QED) is 0.686. The summed E-state index contributed by atoms with van der Waals surface area (Å²) in [5.41, 5.74) is 0. The fourth-order valence-electron chi connectivity index (χ4n) is 0.773. The molecule has 0 amide bonds. The molecule has 1 rings (SSSR count). The van der Waals surface area contributed by atoms with Gasteiger partial charge in [0.25, 0.3) is 0 Å². The molecule has 0 unspecified atom stereocenters. The van der Waals surface area contributed by atoms with Gasteiger partial charge >= 0.3 is 0 Å². The number of hydrogen-bond donors (Lipinski definition) is 0. The molecule has 0 aliphatic carbocycles. The van der Waals surface area contributed by atoms with Crippen molar-refractivity contribution in [3.63, 3.8) is 0 Å². The predicted molar refractivity (Wildman–Crippen MR) is 56.5 cm³/mol. The standard InChI is InChI=1S/C10H10Cl2O/c1-2-3-6-13-8-4-5-9(11)10(12)7-8/h3-7H,2H2,1H3. The second kappa shape index (κ2) is 5.15. The Morgan fingerprint density at radius 2 is 2.08 bits per heavy atom. The van der Waals surface area contributed by atoms with Gasteiger partial charge in [-0.05, 0) is 24.6 Å². The van der Waals surface area contributed by atoms with Crippen molar-refractivity contribution in [1.82, 2.24) is 0 Å². The zero-order valence-corrected chi connectivity index (χ0v) is 8.77. The van der Waals surface area contributed by atoms with Gasteiger partial charge in [-0.1, -0.05) is 30.1 Å². The first-order chi connectivity index (χ1) is 6.24. The van der Waals surface area contributed by atoms with Crippen LogP contribution in [0.2, 0.25) is 10.0 Å². The molecular weight excluding hydrogens is 207 g/mol.